The van der Waals surface area contributed by atoms with Crippen molar-refractivity contribution in [3.05, 3.63) is 48.6 Å². The molecule has 0 amide bonds. The number of ether oxygens (including phenoxy) is 2. The van der Waals surface area contributed by atoms with E-state index in [0.717, 1.165) is 0 Å². The minimum atomic E-state index is -0.856. The van der Waals surface area contributed by atoms with Crippen LogP contribution in [-0.2, 0) is 9.47 Å². The fourth-order valence-electron chi connectivity index (χ4n) is 1.14. The second-order valence-corrected chi connectivity index (χ2v) is 2.92. The molecule has 80 valence electrons. The van der Waals surface area contributed by atoms with E-state index >= 15 is 0 Å². The van der Waals surface area contributed by atoms with Crippen molar-refractivity contribution in [3.63, 3.8) is 0 Å². The first-order valence-corrected chi connectivity index (χ1v) is 4.64. The van der Waals surface area contributed by atoms with E-state index in [0.29, 0.717) is 5.56 Å². The van der Waals surface area contributed by atoms with E-state index in [1.165, 1.54) is 7.11 Å². The van der Waals surface area contributed by atoms with Gasteiger partial charge in [0.15, 0.2) is 0 Å². The van der Waals surface area contributed by atoms with Crippen LogP contribution >= 0.6 is 0 Å². The number of hydrogen-bond acceptors (Lipinski definition) is 3. The Morgan fingerprint density at radius 3 is 2.67 bits per heavy atom. The van der Waals surface area contributed by atoms with Gasteiger partial charge in [0.05, 0.1) is 6.61 Å². The fourth-order valence-corrected chi connectivity index (χ4v) is 1.14. The van der Waals surface area contributed by atoms with E-state index in [2.05, 4.69) is 6.58 Å². The van der Waals surface area contributed by atoms with E-state index in [1.54, 1.807) is 30.3 Å². The van der Waals surface area contributed by atoms with Gasteiger partial charge >= 0.3 is 0 Å². The summed E-state index contributed by atoms with van der Waals surface area (Å²) in [7, 11) is 1.44. The van der Waals surface area contributed by atoms with E-state index in [9.17, 15) is 4.79 Å². The van der Waals surface area contributed by atoms with Crippen molar-refractivity contribution in [2.45, 2.75) is 6.29 Å². The lowest BCUT2D eigenvalue weighted by molar-refractivity contribution is -0.0864. The molecule has 0 aliphatic heterocycles. The molecule has 0 aliphatic carbocycles. The molecule has 0 aromatic heterocycles. The Balaban J connectivity index is 2.69. The van der Waals surface area contributed by atoms with Crippen LogP contribution in [0.1, 0.15) is 10.4 Å². The number of Topliss-reactive ketones (excluding diaryl/α,β-unsaturated/α-hetero) is 1. The van der Waals surface area contributed by atoms with Crippen molar-refractivity contribution in [1.29, 1.82) is 0 Å². The molecule has 1 unspecified atom stereocenters. The Morgan fingerprint density at radius 1 is 1.47 bits per heavy atom. The Hall–Kier alpha value is -1.45. The molecule has 1 atom stereocenters. The van der Waals surface area contributed by atoms with E-state index < -0.39 is 6.29 Å². The normalized spacial score (nSPS) is 12.1. The first kappa shape index (κ1) is 11.6. The van der Waals surface area contributed by atoms with Gasteiger partial charge in [-0.25, -0.2) is 0 Å². The predicted octanol–water partition coefficient (Wildman–Crippen LogP) is 2.04. The number of carbonyl (C=O) groups excluding carboxylic acids is 1. The number of carbonyl (C=O) groups is 1. The lowest BCUT2D eigenvalue weighted by atomic mass is 10.1. The van der Waals surface area contributed by atoms with Gasteiger partial charge in [0.1, 0.15) is 0 Å². The second kappa shape index (κ2) is 6.11. The highest BCUT2D eigenvalue weighted by Crippen LogP contribution is 2.06. The number of ketones is 1. The zero-order chi connectivity index (χ0) is 11.1. The van der Waals surface area contributed by atoms with Gasteiger partial charge in [-0.1, -0.05) is 36.4 Å². The molecule has 0 bridgehead atoms. The average molecular weight is 206 g/mol. The SMILES string of the molecule is C=CCOC(OC)C(=O)c1ccccc1. The second-order valence-electron chi connectivity index (χ2n) is 2.92. The quantitative estimate of drug-likeness (QED) is 0.406. The molecule has 1 rings (SSSR count). The van der Waals surface area contributed by atoms with Gasteiger partial charge in [-0.15, -0.1) is 6.58 Å². The molecule has 0 saturated carbocycles. The molecule has 1 aromatic rings. The van der Waals surface area contributed by atoms with E-state index in [4.69, 9.17) is 9.47 Å². The summed E-state index contributed by atoms with van der Waals surface area (Å²) < 4.78 is 10.1. The molecule has 0 spiro atoms. The minimum Gasteiger partial charge on any atom is -0.349 e. The van der Waals surface area contributed by atoms with Gasteiger partial charge in [-0.2, -0.15) is 0 Å². The summed E-state index contributed by atoms with van der Waals surface area (Å²) in [4.78, 5) is 11.8. The summed E-state index contributed by atoms with van der Waals surface area (Å²) >= 11 is 0. The number of methoxy groups -OCH3 is 1. The highest BCUT2D eigenvalue weighted by atomic mass is 16.7. The third-order valence-electron chi connectivity index (χ3n) is 1.85. The molecule has 0 radical (unpaired) electrons. The fraction of sp³-hybridized carbons (Fsp3) is 0.250. The highest BCUT2D eigenvalue weighted by Gasteiger charge is 2.19. The first-order chi connectivity index (χ1) is 7.29. The summed E-state index contributed by atoms with van der Waals surface area (Å²) in [6, 6.07) is 8.90. The number of benzene rings is 1. The van der Waals surface area contributed by atoms with Crippen LogP contribution in [0, 0.1) is 0 Å². The smallest absolute Gasteiger partial charge is 0.222 e. The largest absolute Gasteiger partial charge is 0.349 e. The van der Waals surface area contributed by atoms with Crippen LogP contribution in [0.5, 0.6) is 0 Å². The van der Waals surface area contributed by atoms with Crippen LogP contribution in [-0.4, -0.2) is 25.8 Å². The summed E-state index contributed by atoms with van der Waals surface area (Å²) in [5.74, 6) is -0.181. The van der Waals surface area contributed by atoms with Crippen LogP contribution in [0.25, 0.3) is 0 Å². The van der Waals surface area contributed by atoms with Gasteiger partial charge in [0, 0.05) is 12.7 Å². The van der Waals surface area contributed by atoms with Crippen LogP contribution < -0.4 is 0 Å². The third-order valence-corrected chi connectivity index (χ3v) is 1.85. The molecule has 0 fully saturated rings. The van der Waals surface area contributed by atoms with E-state index in [1.807, 2.05) is 6.07 Å². The Kier molecular flexibility index (Phi) is 4.74. The standard InChI is InChI=1S/C12H14O3/c1-3-9-15-12(14-2)11(13)10-7-5-4-6-8-10/h3-8,12H,1,9H2,2H3. The maximum absolute atomic E-state index is 11.8. The van der Waals surface area contributed by atoms with Gasteiger partial charge in [-0.05, 0) is 0 Å². The molecule has 15 heavy (non-hydrogen) atoms. The number of rotatable bonds is 6. The Labute approximate surface area is 89.3 Å². The molecule has 1 aromatic carbocycles. The molecular formula is C12H14O3. The van der Waals surface area contributed by atoms with Crippen molar-refractivity contribution in [2.75, 3.05) is 13.7 Å². The van der Waals surface area contributed by atoms with Gasteiger partial charge in [0.25, 0.3) is 0 Å². The molecular weight excluding hydrogens is 192 g/mol. The Bertz CT molecular complexity index is 319. The van der Waals surface area contributed by atoms with Crippen LogP contribution in [0.3, 0.4) is 0 Å². The minimum absolute atomic E-state index is 0.181. The van der Waals surface area contributed by atoms with Crippen molar-refractivity contribution < 1.29 is 14.3 Å². The van der Waals surface area contributed by atoms with Crippen LogP contribution in [0.4, 0.5) is 0 Å². The first-order valence-electron chi connectivity index (χ1n) is 4.64. The van der Waals surface area contributed by atoms with Gasteiger partial charge in [-0.3, -0.25) is 4.79 Å². The number of hydrogen-bond donors (Lipinski definition) is 0. The maximum atomic E-state index is 11.8. The summed E-state index contributed by atoms with van der Waals surface area (Å²) in [5.41, 5.74) is 0.577. The molecule has 3 heteroatoms. The van der Waals surface area contributed by atoms with Crippen molar-refractivity contribution in [1.82, 2.24) is 0 Å². The third kappa shape index (κ3) is 3.31. The summed E-state index contributed by atoms with van der Waals surface area (Å²) in [6.07, 6.45) is 0.718. The lowest BCUT2D eigenvalue weighted by Crippen LogP contribution is -2.26. The monoisotopic (exact) mass is 206 g/mol. The lowest BCUT2D eigenvalue weighted by Gasteiger charge is -2.13. The molecule has 0 heterocycles. The summed E-state index contributed by atoms with van der Waals surface area (Å²) in [6.45, 7) is 3.80. The topological polar surface area (TPSA) is 35.5 Å². The zero-order valence-electron chi connectivity index (χ0n) is 8.68. The van der Waals surface area contributed by atoms with Crippen molar-refractivity contribution in [2.24, 2.45) is 0 Å². The summed E-state index contributed by atoms with van der Waals surface area (Å²) in [5, 5.41) is 0. The van der Waals surface area contributed by atoms with E-state index in [-0.39, 0.29) is 12.4 Å². The van der Waals surface area contributed by atoms with Crippen molar-refractivity contribution in [3.8, 4) is 0 Å². The molecule has 0 N–H and O–H groups in total. The van der Waals surface area contributed by atoms with Gasteiger partial charge < -0.3 is 9.47 Å². The van der Waals surface area contributed by atoms with Crippen molar-refractivity contribution >= 4 is 5.78 Å². The van der Waals surface area contributed by atoms with Crippen LogP contribution in [0.2, 0.25) is 0 Å². The highest BCUT2D eigenvalue weighted by molar-refractivity contribution is 5.98. The van der Waals surface area contributed by atoms with Crippen LogP contribution in [0.15, 0.2) is 43.0 Å². The molecule has 0 aliphatic rings. The Morgan fingerprint density at radius 2 is 2.13 bits per heavy atom. The predicted molar refractivity (Wildman–Crippen MR) is 57.7 cm³/mol. The average Bonchev–Trinajstić information content (AvgIpc) is 2.31. The molecule has 0 saturated heterocycles. The maximum Gasteiger partial charge on any atom is 0.222 e. The van der Waals surface area contributed by atoms with Gasteiger partial charge in [0.2, 0.25) is 12.1 Å². The molecule has 3 nitrogen and oxygen atoms in total. The zero-order valence-corrected chi connectivity index (χ0v) is 8.68.